The third-order valence-electron chi connectivity index (χ3n) is 1.76. The highest BCUT2D eigenvalue weighted by molar-refractivity contribution is 9.10. The van der Waals surface area contributed by atoms with Crippen LogP contribution in [0.25, 0.3) is 11.0 Å². The Morgan fingerprint density at radius 2 is 2.00 bits per heavy atom. The van der Waals surface area contributed by atoms with E-state index in [4.69, 9.17) is 0 Å². The average molecular weight is 238 g/mol. The van der Waals surface area contributed by atoms with Crippen molar-refractivity contribution < 1.29 is 5.11 Å². The molecule has 1 aromatic carbocycles. The third kappa shape index (κ3) is 1.49. The van der Waals surface area contributed by atoms with Crippen molar-refractivity contribution in [3.8, 4) is 5.88 Å². The molecule has 0 bridgehead atoms. The Morgan fingerprint density at radius 3 is 2.77 bits per heavy atom. The van der Waals surface area contributed by atoms with Crippen molar-refractivity contribution in [1.82, 2.24) is 9.97 Å². The second-order valence-corrected chi connectivity index (χ2v) is 3.66. The molecule has 1 heterocycles. The maximum absolute atomic E-state index is 11.2. The topological polar surface area (TPSA) is 45.7 Å². The molecule has 0 N–H and O–H groups in total. The van der Waals surface area contributed by atoms with Crippen molar-refractivity contribution >= 4 is 27.0 Å². The fraction of sp³-hybridized carbons (Fsp3) is 0.111. The molecule has 4 heteroatoms. The van der Waals surface area contributed by atoms with Crippen molar-refractivity contribution in [3.63, 3.8) is 0 Å². The van der Waals surface area contributed by atoms with Crippen LogP contribution in [-0.2, 0) is 5.11 Å². The fourth-order valence-electron chi connectivity index (χ4n) is 1.10. The normalized spacial score (nSPS) is 10.6. The van der Waals surface area contributed by atoms with Crippen LogP contribution in [0.15, 0.2) is 22.7 Å². The van der Waals surface area contributed by atoms with E-state index in [-0.39, 0.29) is 5.88 Å². The van der Waals surface area contributed by atoms with E-state index in [0.717, 1.165) is 9.99 Å². The summed E-state index contributed by atoms with van der Waals surface area (Å²) >= 11 is 3.31. The Bertz CT molecular complexity index is 470. The number of halogens is 1. The molecule has 0 spiro atoms. The smallest absolute Gasteiger partial charge is 0.265 e. The van der Waals surface area contributed by atoms with Gasteiger partial charge in [-0.05, 0) is 25.1 Å². The fourth-order valence-corrected chi connectivity index (χ4v) is 1.45. The zero-order chi connectivity index (χ0) is 9.42. The third-order valence-corrected chi connectivity index (χ3v) is 2.25. The molecule has 0 fully saturated rings. The van der Waals surface area contributed by atoms with Crippen LogP contribution in [0.5, 0.6) is 5.88 Å². The zero-order valence-corrected chi connectivity index (χ0v) is 8.50. The Kier molecular flexibility index (Phi) is 1.92. The quantitative estimate of drug-likeness (QED) is 0.708. The van der Waals surface area contributed by atoms with Gasteiger partial charge in [0.05, 0.1) is 11.0 Å². The highest BCUT2D eigenvalue weighted by Crippen LogP contribution is 2.20. The van der Waals surface area contributed by atoms with E-state index in [9.17, 15) is 5.11 Å². The Hall–Kier alpha value is -1.16. The molecule has 65 valence electrons. The van der Waals surface area contributed by atoms with Crippen LogP contribution in [0.4, 0.5) is 0 Å². The van der Waals surface area contributed by atoms with E-state index in [0.29, 0.717) is 11.2 Å². The van der Waals surface area contributed by atoms with Crippen LogP contribution >= 0.6 is 15.9 Å². The summed E-state index contributed by atoms with van der Waals surface area (Å²) in [6.07, 6.45) is 0. The second-order valence-electron chi connectivity index (χ2n) is 2.75. The molecule has 2 rings (SSSR count). The minimum Gasteiger partial charge on any atom is -0.265 e. The zero-order valence-electron chi connectivity index (χ0n) is 6.91. The highest BCUT2D eigenvalue weighted by Gasteiger charge is 2.04. The molecule has 1 aromatic heterocycles. The lowest BCUT2D eigenvalue weighted by molar-refractivity contribution is 0.333. The standard InChI is InChI=1S/C9H6BrN2O/c1-5-9(13)12-8-4-6(10)2-3-7(8)11-5/h2-4H,1H3. The van der Waals surface area contributed by atoms with Gasteiger partial charge < -0.3 is 0 Å². The van der Waals surface area contributed by atoms with Gasteiger partial charge in [0, 0.05) is 4.47 Å². The van der Waals surface area contributed by atoms with Crippen LogP contribution < -0.4 is 0 Å². The molecular weight excluding hydrogens is 232 g/mol. The molecule has 0 saturated carbocycles. The SMILES string of the molecule is Cc1nc2ccc(Br)cc2nc1[O]. The molecule has 0 unspecified atom stereocenters. The van der Waals surface area contributed by atoms with Gasteiger partial charge in [-0.25, -0.2) is 9.97 Å². The lowest BCUT2D eigenvalue weighted by Gasteiger charge is -1.98. The van der Waals surface area contributed by atoms with E-state index in [1.54, 1.807) is 13.0 Å². The van der Waals surface area contributed by atoms with Crippen LogP contribution in [0.2, 0.25) is 0 Å². The van der Waals surface area contributed by atoms with Crippen LogP contribution in [0.1, 0.15) is 5.69 Å². The molecule has 3 nitrogen and oxygen atoms in total. The van der Waals surface area contributed by atoms with E-state index < -0.39 is 0 Å². The maximum Gasteiger partial charge on any atom is 0.291 e. The molecule has 2 aromatic rings. The summed E-state index contributed by atoms with van der Waals surface area (Å²) in [6, 6.07) is 5.49. The summed E-state index contributed by atoms with van der Waals surface area (Å²) in [5, 5.41) is 11.2. The van der Waals surface area contributed by atoms with Crippen LogP contribution in [0, 0.1) is 6.92 Å². The number of benzene rings is 1. The highest BCUT2D eigenvalue weighted by atomic mass is 79.9. The molecule has 0 amide bonds. The van der Waals surface area contributed by atoms with Crippen molar-refractivity contribution in [2.45, 2.75) is 6.92 Å². The monoisotopic (exact) mass is 237 g/mol. The number of hydrogen-bond donors (Lipinski definition) is 0. The van der Waals surface area contributed by atoms with Crippen LogP contribution in [-0.4, -0.2) is 9.97 Å². The lowest BCUT2D eigenvalue weighted by Crippen LogP contribution is -1.87. The number of aromatic nitrogens is 2. The Labute approximate surface area is 83.6 Å². The number of nitrogens with zero attached hydrogens (tertiary/aromatic N) is 2. The summed E-state index contributed by atoms with van der Waals surface area (Å²) < 4.78 is 0.901. The first kappa shape index (κ1) is 8.44. The number of aryl methyl sites for hydroxylation is 1. The average Bonchev–Trinajstić information content (AvgIpc) is 2.08. The van der Waals surface area contributed by atoms with E-state index in [1.807, 2.05) is 12.1 Å². The van der Waals surface area contributed by atoms with Gasteiger partial charge in [0.1, 0.15) is 5.69 Å². The Morgan fingerprint density at radius 1 is 1.23 bits per heavy atom. The van der Waals surface area contributed by atoms with E-state index >= 15 is 0 Å². The van der Waals surface area contributed by atoms with E-state index in [2.05, 4.69) is 25.9 Å². The molecule has 0 aliphatic heterocycles. The lowest BCUT2D eigenvalue weighted by atomic mass is 10.3. The van der Waals surface area contributed by atoms with Gasteiger partial charge >= 0.3 is 0 Å². The summed E-state index contributed by atoms with van der Waals surface area (Å²) in [7, 11) is 0. The maximum atomic E-state index is 11.2. The van der Waals surface area contributed by atoms with Gasteiger partial charge in [-0.3, -0.25) is 5.11 Å². The van der Waals surface area contributed by atoms with Gasteiger partial charge in [-0.1, -0.05) is 15.9 Å². The molecule has 0 aliphatic carbocycles. The molecule has 13 heavy (non-hydrogen) atoms. The minimum atomic E-state index is -0.259. The first-order chi connectivity index (χ1) is 6.16. The molecular formula is C9H6BrN2O. The predicted molar refractivity (Wildman–Crippen MR) is 52.1 cm³/mol. The minimum absolute atomic E-state index is 0.259. The first-order valence-corrected chi connectivity index (χ1v) is 4.57. The number of fused-ring (bicyclic) bond motifs is 1. The van der Waals surface area contributed by atoms with Gasteiger partial charge in [-0.2, -0.15) is 0 Å². The summed E-state index contributed by atoms with van der Waals surface area (Å²) in [4.78, 5) is 8.01. The molecule has 0 saturated heterocycles. The van der Waals surface area contributed by atoms with Crippen molar-refractivity contribution in [3.05, 3.63) is 28.4 Å². The van der Waals surface area contributed by atoms with Crippen molar-refractivity contribution in [1.29, 1.82) is 0 Å². The van der Waals surface area contributed by atoms with Gasteiger partial charge in [0.25, 0.3) is 5.88 Å². The number of hydrogen-bond acceptors (Lipinski definition) is 2. The van der Waals surface area contributed by atoms with Gasteiger partial charge in [0.15, 0.2) is 0 Å². The Balaban J connectivity index is 2.81. The summed E-state index contributed by atoms with van der Waals surface area (Å²) in [5.41, 5.74) is 1.82. The molecule has 0 atom stereocenters. The summed E-state index contributed by atoms with van der Waals surface area (Å²) in [5.74, 6) is -0.259. The van der Waals surface area contributed by atoms with Crippen molar-refractivity contribution in [2.24, 2.45) is 0 Å². The number of rotatable bonds is 0. The molecule has 1 radical (unpaired) electrons. The summed E-state index contributed by atoms with van der Waals surface area (Å²) in [6.45, 7) is 1.66. The molecule has 0 aliphatic rings. The first-order valence-electron chi connectivity index (χ1n) is 3.78. The van der Waals surface area contributed by atoms with Crippen LogP contribution in [0.3, 0.4) is 0 Å². The van der Waals surface area contributed by atoms with Gasteiger partial charge in [0.2, 0.25) is 0 Å². The second kappa shape index (κ2) is 2.96. The van der Waals surface area contributed by atoms with Crippen molar-refractivity contribution in [2.75, 3.05) is 0 Å². The predicted octanol–water partition coefficient (Wildman–Crippen LogP) is 2.84. The largest absolute Gasteiger partial charge is 0.291 e. The van der Waals surface area contributed by atoms with E-state index in [1.165, 1.54) is 0 Å². The van der Waals surface area contributed by atoms with Gasteiger partial charge in [-0.15, -0.1) is 0 Å².